The third kappa shape index (κ3) is 3.01. The molecule has 2 aromatic rings. The van der Waals surface area contributed by atoms with Gasteiger partial charge in [0.05, 0.1) is 5.60 Å². The highest BCUT2D eigenvalue weighted by atomic mass is 79.9. The highest BCUT2D eigenvalue weighted by molar-refractivity contribution is 9.10. The van der Waals surface area contributed by atoms with Crippen LogP contribution in [0.4, 0.5) is 0 Å². The molecule has 2 heteroatoms. The third-order valence-electron chi connectivity index (χ3n) is 3.08. The Bertz CT molecular complexity index is 546. The van der Waals surface area contributed by atoms with Crippen molar-refractivity contribution in [1.82, 2.24) is 0 Å². The van der Waals surface area contributed by atoms with E-state index in [4.69, 9.17) is 0 Å². The van der Waals surface area contributed by atoms with Gasteiger partial charge in [0.15, 0.2) is 0 Å². The summed E-state index contributed by atoms with van der Waals surface area (Å²) in [7, 11) is 0. The van der Waals surface area contributed by atoms with Gasteiger partial charge in [0, 0.05) is 10.9 Å². The van der Waals surface area contributed by atoms with E-state index >= 15 is 0 Å². The summed E-state index contributed by atoms with van der Waals surface area (Å²) in [6.07, 6.45) is 0.608. The summed E-state index contributed by atoms with van der Waals surface area (Å²) in [6, 6.07) is 16.1. The molecule has 1 unspecified atom stereocenters. The minimum Gasteiger partial charge on any atom is -0.385 e. The van der Waals surface area contributed by atoms with E-state index < -0.39 is 5.60 Å². The van der Waals surface area contributed by atoms with Crippen molar-refractivity contribution >= 4 is 15.9 Å². The molecule has 2 aromatic carbocycles. The number of benzene rings is 2. The molecule has 0 aliphatic heterocycles. The SMILES string of the molecule is Cc1cccc(CC(C)(O)c2ccccc2Br)c1. The summed E-state index contributed by atoms with van der Waals surface area (Å²) in [4.78, 5) is 0. The maximum atomic E-state index is 10.7. The van der Waals surface area contributed by atoms with E-state index in [1.54, 1.807) is 0 Å². The highest BCUT2D eigenvalue weighted by Gasteiger charge is 2.25. The fourth-order valence-electron chi connectivity index (χ4n) is 2.21. The lowest BCUT2D eigenvalue weighted by atomic mass is 9.89. The van der Waals surface area contributed by atoms with Crippen molar-refractivity contribution in [2.75, 3.05) is 0 Å². The molecule has 18 heavy (non-hydrogen) atoms. The van der Waals surface area contributed by atoms with Crippen LogP contribution < -0.4 is 0 Å². The molecule has 1 atom stereocenters. The summed E-state index contributed by atoms with van der Waals surface area (Å²) in [6.45, 7) is 3.92. The molecule has 1 nitrogen and oxygen atoms in total. The molecule has 0 heterocycles. The molecule has 0 aliphatic rings. The summed E-state index contributed by atoms with van der Waals surface area (Å²) in [5.41, 5.74) is 2.42. The lowest BCUT2D eigenvalue weighted by Gasteiger charge is -2.25. The first kappa shape index (κ1) is 13.3. The lowest BCUT2D eigenvalue weighted by Crippen LogP contribution is -2.24. The van der Waals surface area contributed by atoms with Crippen LogP contribution in [0.15, 0.2) is 53.0 Å². The highest BCUT2D eigenvalue weighted by Crippen LogP contribution is 2.31. The molecular weight excluding hydrogens is 288 g/mol. The molecule has 0 aliphatic carbocycles. The number of aryl methyl sites for hydroxylation is 1. The number of aliphatic hydroxyl groups is 1. The van der Waals surface area contributed by atoms with E-state index in [9.17, 15) is 5.11 Å². The van der Waals surface area contributed by atoms with Gasteiger partial charge in [-0.3, -0.25) is 0 Å². The van der Waals surface area contributed by atoms with E-state index in [1.807, 2.05) is 37.3 Å². The average molecular weight is 305 g/mol. The van der Waals surface area contributed by atoms with Crippen LogP contribution in [0.2, 0.25) is 0 Å². The van der Waals surface area contributed by atoms with Crippen LogP contribution >= 0.6 is 15.9 Å². The second kappa shape index (κ2) is 5.25. The van der Waals surface area contributed by atoms with Gasteiger partial charge < -0.3 is 5.11 Å². The molecule has 0 saturated carbocycles. The largest absolute Gasteiger partial charge is 0.385 e. The number of halogens is 1. The molecule has 2 rings (SSSR count). The van der Waals surface area contributed by atoms with Crippen LogP contribution in [0.25, 0.3) is 0 Å². The molecule has 0 saturated heterocycles. The van der Waals surface area contributed by atoms with Gasteiger partial charge in [-0.2, -0.15) is 0 Å². The second-order valence-electron chi connectivity index (χ2n) is 4.92. The van der Waals surface area contributed by atoms with Crippen molar-refractivity contribution in [1.29, 1.82) is 0 Å². The Morgan fingerprint density at radius 3 is 2.50 bits per heavy atom. The van der Waals surface area contributed by atoms with Gasteiger partial charge in [0.25, 0.3) is 0 Å². The zero-order valence-corrected chi connectivity index (χ0v) is 12.2. The Kier molecular flexibility index (Phi) is 3.88. The molecule has 0 amide bonds. The minimum absolute atomic E-state index is 0.608. The summed E-state index contributed by atoms with van der Waals surface area (Å²) in [5.74, 6) is 0. The summed E-state index contributed by atoms with van der Waals surface area (Å²) in [5, 5.41) is 10.7. The minimum atomic E-state index is -0.867. The number of rotatable bonds is 3. The first-order chi connectivity index (χ1) is 8.49. The fourth-order valence-corrected chi connectivity index (χ4v) is 2.92. The predicted octanol–water partition coefficient (Wildman–Crippen LogP) is 4.21. The van der Waals surface area contributed by atoms with Gasteiger partial charge in [0.1, 0.15) is 0 Å². The van der Waals surface area contributed by atoms with Gasteiger partial charge >= 0.3 is 0 Å². The first-order valence-electron chi connectivity index (χ1n) is 6.02. The molecule has 0 radical (unpaired) electrons. The number of hydrogen-bond donors (Lipinski definition) is 1. The van der Waals surface area contributed by atoms with E-state index in [0.717, 1.165) is 15.6 Å². The topological polar surface area (TPSA) is 20.2 Å². The van der Waals surface area contributed by atoms with Gasteiger partial charge in [-0.1, -0.05) is 64.0 Å². The number of hydrogen-bond acceptors (Lipinski definition) is 1. The molecule has 1 N–H and O–H groups in total. The Hall–Kier alpha value is -1.12. The molecular formula is C16H17BrO. The zero-order valence-electron chi connectivity index (χ0n) is 10.7. The van der Waals surface area contributed by atoms with Crippen LogP contribution in [-0.2, 0) is 12.0 Å². The molecule has 0 spiro atoms. The van der Waals surface area contributed by atoms with Crippen LogP contribution in [0.1, 0.15) is 23.6 Å². The van der Waals surface area contributed by atoms with Gasteiger partial charge in [-0.25, -0.2) is 0 Å². The molecule has 0 fully saturated rings. The van der Waals surface area contributed by atoms with E-state index in [0.29, 0.717) is 6.42 Å². The van der Waals surface area contributed by atoms with E-state index in [-0.39, 0.29) is 0 Å². The van der Waals surface area contributed by atoms with Crippen molar-refractivity contribution in [2.24, 2.45) is 0 Å². The van der Waals surface area contributed by atoms with E-state index in [2.05, 4.69) is 41.1 Å². The monoisotopic (exact) mass is 304 g/mol. The Morgan fingerprint density at radius 2 is 1.83 bits per heavy atom. The molecule has 0 bridgehead atoms. The standard InChI is InChI=1S/C16H17BrO/c1-12-6-5-7-13(10-12)11-16(2,18)14-8-3-4-9-15(14)17/h3-10,18H,11H2,1-2H3. The molecule has 94 valence electrons. The lowest BCUT2D eigenvalue weighted by molar-refractivity contribution is 0.0569. The smallest absolute Gasteiger partial charge is 0.0919 e. The maximum Gasteiger partial charge on any atom is 0.0919 e. The van der Waals surface area contributed by atoms with Crippen LogP contribution in [0.3, 0.4) is 0 Å². The Labute approximate surface area is 117 Å². The van der Waals surface area contributed by atoms with Gasteiger partial charge in [0.2, 0.25) is 0 Å². The van der Waals surface area contributed by atoms with Crippen molar-refractivity contribution in [2.45, 2.75) is 25.9 Å². The van der Waals surface area contributed by atoms with Gasteiger partial charge in [-0.15, -0.1) is 0 Å². The van der Waals surface area contributed by atoms with Crippen molar-refractivity contribution in [3.05, 3.63) is 69.7 Å². The zero-order chi connectivity index (χ0) is 13.2. The average Bonchev–Trinajstić information content (AvgIpc) is 2.28. The Morgan fingerprint density at radius 1 is 1.11 bits per heavy atom. The van der Waals surface area contributed by atoms with Gasteiger partial charge in [-0.05, 0) is 31.0 Å². The van der Waals surface area contributed by atoms with Crippen molar-refractivity contribution in [3.63, 3.8) is 0 Å². The summed E-state index contributed by atoms with van der Waals surface area (Å²) < 4.78 is 0.947. The quantitative estimate of drug-likeness (QED) is 0.900. The predicted molar refractivity (Wildman–Crippen MR) is 78.6 cm³/mol. The normalized spacial score (nSPS) is 14.2. The first-order valence-corrected chi connectivity index (χ1v) is 6.81. The van der Waals surface area contributed by atoms with E-state index in [1.165, 1.54) is 5.56 Å². The Balaban J connectivity index is 2.30. The third-order valence-corrected chi connectivity index (χ3v) is 3.78. The maximum absolute atomic E-state index is 10.7. The van der Waals surface area contributed by atoms with Crippen molar-refractivity contribution in [3.8, 4) is 0 Å². The van der Waals surface area contributed by atoms with Crippen LogP contribution in [-0.4, -0.2) is 5.11 Å². The fraction of sp³-hybridized carbons (Fsp3) is 0.250. The van der Waals surface area contributed by atoms with Crippen molar-refractivity contribution < 1.29 is 5.11 Å². The summed E-state index contributed by atoms with van der Waals surface area (Å²) >= 11 is 3.50. The van der Waals surface area contributed by atoms with Crippen LogP contribution in [0.5, 0.6) is 0 Å². The van der Waals surface area contributed by atoms with Crippen LogP contribution in [0, 0.1) is 6.92 Å². The second-order valence-corrected chi connectivity index (χ2v) is 5.77. The molecule has 0 aromatic heterocycles.